The molecule has 0 bridgehead atoms. The summed E-state index contributed by atoms with van der Waals surface area (Å²) in [6, 6.07) is 8.97. The molecule has 2 atom stereocenters. The molecule has 1 aromatic rings. The summed E-state index contributed by atoms with van der Waals surface area (Å²) in [6.07, 6.45) is 12.9. The Bertz CT molecular complexity index is 774. The molecule has 152 valence electrons. The Labute approximate surface area is 169 Å². The molecule has 0 heterocycles. The fourth-order valence-corrected chi connectivity index (χ4v) is 4.57. The average Bonchev–Trinajstić information content (AvgIpc) is 3.34. The number of hydrogen-bond acceptors (Lipinski definition) is 4. The fraction of sp³-hybridized carbons (Fsp3) is 0.542. The van der Waals surface area contributed by atoms with E-state index in [0.717, 1.165) is 24.8 Å². The van der Waals surface area contributed by atoms with Crippen LogP contribution < -0.4 is 10.8 Å². The molecule has 0 saturated heterocycles. The number of nitrogens with one attached hydrogen (secondary N) is 2. The second-order valence-electron chi connectivity index (χ2n) is 8.48. The summed E-state index contributed by atoms with van der Waals surface area (Å²) >= 11 is 0. The Balaban J connectivity index is 1.90. The standard InChI is InChI=1S/C24H35N3O/c1-5-20(22(6-2)26-28)17-25-24(16-19(24)4)27-23(13-8-7-9-14-23)21-12-10-11-18(3)15-21/h5-6,10-12,15,17,19,26-28H,7-9,13-14,16H2,1-4H3/b20-5+,22-6?,25-17-/t19?,24-/m0/s1. The van der Waals surface area contributed by atoms with Gasteiger partial charge < -0.3 is 0 Å². The second kappa shape index (κ2) is 8.62. The third kappa shape index (κ3) is 4.23. The van der Waals surface area contributed by atoms with Gasteiger partial charge in [-0.1, -0.05) is 68.2 Å². The molecule has 2 aliphatic carbocycles. The number of allylic oxidation sites excluding steroid dienone is 3. The molecule has 1 unspecified atom stereocenters. The van der Waals surface area contributed by atoms with Crippen LogP contribution in [-0.4, -0.2) is 17.1 Å². The highest BCUT2D eigenvalue weighted by molar-refractivity contribution is 5.84. The average molecular weight is 382 g/mol. The van der Waals surface area contributed by atoms with Gasteiger partial charge in [0, 0.05) is 17.3 Å². The van der Waals surface area contributed by atoms with E-state index in [1.54, 1.807) is 0 Å². The van der Waals surface area contributed by atoms with E-state index in [0.29, 0.717) is 11.6 Å². The number of rotatable bonds is 7. The van der Waals surface area contributed by atoms with Gasteiger partial charge in [-0.2, -0.15) is 0 Å². The zero-order valence-corrected chi connectivity index (χ0v) is 17.8. The fourth-order valence-electron chi connectivity index (χ4n) is 4.57. The maximum atomic E-state index is 9.36. The van der Waals surface area contributed by atoms with Crippen molar-refractivity contribution in [3.05, 3.63) is 58.8 Å². The summed E-state index contributed by atoms with van der Waals surface area (Å²) in [7, 11) is 0. The Morgan fingerprint density at radius 2 is 1.89 bits per heavy atom. The van der Waals surface area contributed by atoms with Crippen LogP contribution in [-0.2, 0) is 5.54 Å². The first-order valence-corrected chi connectivity index (χ1v) is 10.6. The molecule has 2 aliphatic rings. The highest BCUT2D eigenvalue weighted by atomic mass is 16.5. The molecular weight excluding hydrogens is 346 g/mol. The molecule has 4 nitrogen and oxygen atoms in total. The van der Waals surface area contributed by atoms with E-state index < -0.39 is 0 Å². The number of aryl methyl sites for hydroxylation is 1. The third-order valence-electron chi connectivity index (χ3n) is 6.47. The molecular formula is C24H35N3O. The molecule has 4 heteroatoms. The summed E-state index contributed by atoms with van der Waals surface area (Å²) in [5.41, 5.74) is 6.35. The molecule has 0 aromatic heterocycles. The van der Waals surface area contributed by atoms with Gasteiger partial charge >= 0.3 is 0 Å². The van der Waals surface area contributed by atoms with Gasteiger partial charge in [0.15, 0.2) is 0 Å². The normalized spacial score (nSPS) is 27.8. The minimum atomic E-state index is -0.219. The van der Waals surface area contributed by atoms with Crippen LogP contribution in [0.3, 0.4) is 0 Å². The summed E-state index contributed by atoms with van der Waals surface area (Å²) in [4.78, 5) is 5.03. The highest BCUT2D eigenvalue weighted by Crippen LogP contribution is 2.50. The van der Waals surface area contributed by atoms with E-state index in [1.807, 2.05) is 32.2 Å². The Kier molecular flexibility index (Phi) is 6.41. The molecule has 0 amide bonds. The van der Waals surface area contributed by atoms with Crippen molar-refractivity contribution in [3.8, 4) is 0 Å². The first-order chi connectivity index (χ1) is 13.5. The number of nitrogens with zero attached hydrogens (tertiary/aromatic N) is 1. The van der Waals surface area contributed by atoms with Gasteiger partial charge in [0.05, 0.1) is 5.70 Å². The molecule has 2 fully saturated rings. The van der Waals surface area contributed by atoms with E-state index in [9.17, 15) is 5.21 Å². The molecule has 0 aliphatic heterocycles. The van der Waals surface area contributed by atoms with Gasteiger partial charge in [0.1, 0.15) is 5.66 Å². The number of aliphatic imine (C=N–C) groups is 1. The van der Waals surface area contributed by atoms with Gasteiger partial charge in [0.2, 0.25) is 0 Å². The van der Waals surface area contributed by atoms with Crippen LogP contribution in [0.15, 0.2) is 52.7 Å². The topological polar surface area (TPSA) is 56.6 Å². The predicted molar refractivity (Wildman–Crippen MR) is 117 cm³/mol. The Morgan fingerprint density at radius 1 is 1.18 bits per heavy atom. The quantitative estimate of drug-likeness (QED) is 0.338. The first kappa shape index (κ1) is 20.8. The maximum Gasteiger partial charge on any atom is 0.114 e. The van der Waals surface area contributed by atoms with Crippen molar-refractivity contribution in [1.29, 1.82) is 0 Å². The monoisotopic (exact) mass is 381 g/mol. The summed E-state index contributed by atoms with van der Waals surface area (Å²) in [5, 5.41) is 13.4. The minimum absolute atomic E-state index is 0.00111. The Hall–Kier alpha value is -1.91. The van der Waals surface area contributed by atoms with Crippen LogP contribution in [0.5, 0.6) is 0 Å². The van der Waals surface area contributed by atoms with Crippen LogP contribution in [0.2, 0.25) is 0 Å². The molecule has 3 rings (SSSR count). The van der Waals surface area contributed by atoms with Crippen molar-refractivity contribution in [2.75, 3.05) is 0 Å². The van der Waals surface area contributed by atoms with Crippen molar-refractivity contribution in [1.82, 2.24) is 10.8 Å². The lowest BCUT2D eigenvalue weighted by Crippen LogP contribution is -2.50. The lowest BCUT2D eigenvalue weighted by molar-refractivity contribution is 0.196. The number of benzene rings is 1. The van der Waals surface area contributed by atoms with E-state index >= 15 is 0 Å². The molecule has 2 saturated carbocycles. The van der Waals surface area contributed by atoms with Crippen molar-refractivity contribution in [2.45, 2.75) is 77.4 Å². The predicted octanol–water partition coefficient (Wildman–Crippen LogP) is 5.38. The Morgan fingerprint density at radius 3 is 2.43 bits per heavy atom. The molecule has 0 radical (unpaired) electrons. The van der Waals surface area contributed by atoms with Crippen molar-refractivity contribution >= 4 is 6.21 Å². The van der Waals surface area contributed by atoms with Crippen LogP contribution in [0.4, 0.5) is 0 Å². The third-order valence-corrected chi connectivity index (χ3v) is 6.47. The van der Waals surface area contributed by atoms with Crippen molar-refractivity contribution < 1.29 is 5.21 Å². The van der Waals surface area contributed by atoms with Crippen LogP contribution in [0.1, 0.15) is 70.4 Å². The summed E-state index contributed by atoms with van der Waals surface area (Å²) < 4.78 is 0. The summed E-state index contributed by atoms with van der Waals surface area (Å²) in [5.74, 6) is 0.501. The first-order valence-electron chi connectivity index (χ1n) is 10.6. The lowest BCUT2D eigenvalue weighted by Gasteiger charge is -2.41. The number of hydrogen-bond donors (Lipinski definition) is 3. The summed E-state index contributed by atoms with van der Waals surface area (Å²) in [6.45, 7) is 8.31. The van der Waals surface area contributed by atoms with Crippen LogP contribution in [0, 0.1) is 12.8 Å². The van der Waals surface area contributed by atoms with Gasteiger partial charge in [0.25, 0.3) is 0 Å². The van der Waals surface area contributed by atoms with Crippen molar-refractivity contribution in [3.63, 3.8) is 0 Å². The zero-order valence-electron chi connectivity index (χ0n) is 17.8. The molecule has 28 heavy (non-hydrogen) atoms. The lowest BCUT2D eigenvalue weighted by atomic mass is 9.76. The van der Waals surface area contributed by atoms with E-state index in [4.69, 9.17) is 4.99 Å². The van der Waals surface area contributed by atoms with Crippen LogP contribution in [0.25, 0.3) is 0 Å². The van der Waals surface area contributed by atoms with E-state index in [2.05, 4.69) is 48.9 Å². The highest BCUT2D eigenvalue weighted by Gasteiger charge is 2.55. The van der Waals surface area contributed by atoms with Gasteiger partial charge in [-0.05, 0) is 51.5 Å². The SMILES string of the molecule is CC=C(NO)C(/C=N\[C@]1(NC2(c3cccc(C)c3)CCCCC2)CC1C)=C/C. The van der Waals surface area contributed by atoms with Crippen LogP contribution >= 0.6 is 0 Å². The smallest absolute Gasteiger partial charge is 0.114 e. The zero-order chi connectivity index (χ0) is 20.2. The minimum Gasteiger partial charge on any atom is -0.291 e. The second-order valence-corrected chi connectivity index (χ2v) is 8.48. The molecule has 3 N–H and O–H groups in total. The van der Waals surface area contributed by atoms with E-state index in [-0.39, 0.29) is 11.2 Å². The van der Waals surface area contributed by atoms with Gasteiger partial charge in [-0.25, -0.2) is 0 Å². The van der Waals surface area contributed by atoms with Crippen molar-refractivity contribution in [2.24, 2.45) is 10.9 Å². The maximum absolute atomic E-state index is 9.36. The van der Waals surface area contributed by atoms with Gasteiger partial charge in [-0.15, -0.1) is 0 Å². The molecule has 0 spiro atoms. The largest absolute Gasteiger partial charge is 0.291 e. The molecule has 1 aromatic carbocycles. The number of hydroxylamine groups is 1. The van der Waals surface area contributed by atoms with E-state index in [1.165, 1.54) is 30.4 Å². The van der Waals surface area contributed by atoms with Gasteiger partial charge in [-0.3, -0.25) is 21.0 Å².